The number of nitrogens with one attached hydrogen (secondary N) is 1. The van der Waals surface area contributed by atoms with E-state index in [0.29, 0.717) is 17.7 Å². The van der Waals surface area contributed by atoms with Crippen molar-refractivity contribution in [1.82, 2.24) is 4.72 Å². The maximum absolute atomic E-state index is 13.7. The molecule has 0 amide bonds. The molecule has 0 bridgehead atoms. The molecule has 1 unspecified atom stereocenters. The summed E-state index contributed by atoms with van der Waals surface area (Å²) in [6.07, 6.45) is -4.55. The third kappa shape index (κ3) is 4.49. The molecule has 136 valence electrons. The number of alkyl halides is 3. The van der Waals surface area contributed by atoms with Crippen LogP contribution in [-0.2, 0) is 16.2 Å². The quantitative estimate of drug-likeness (QED) is 0.805. The molecule has 0 spiro atoms. The summed E-state index contributed by atoms with van der Waals surface area (Å²) in [5.41, 5.74) is -0.606. The molecule has 0 aromatic heterocycles. The van der Waals surface area contributed by atoms with Crippen LogP contribution in [-0.4, -0.2) is 15.5 Å². The number of halogens is 4. The molecule has 25 heavy (non-hydrogen) atoms. The fraction of sp³-hybridized carbons (Fsp3) is 0.250. The predicted octanol–water partition coefficient (Wildman–Crippen LogP) is 3.89. The summed E-state index contributed by atoms with van der Waals surface area (Å²) >= 11 is 0. The smallest absolute Gasteiger partial charge is 0.416 e. The molecular weight excluding hydrogens is 362 g/mol. The van der Waals surface area contributed by atoms with E-state index in [1.165, 1.54) is 26.2 Å². The molecule has 0 aliphatic rings. The summed E-state index contributed by atoms with van der Waals surface area (Å²) in [4.78, 5) is -0.318. The van der Waals surface area contributed by atoms with E-state index in [1.54, 1.807) is 0 Å². The third-order valence-electron chi connectivity index (χ3n) is 3.50. The standard InChI is InChI=1S/C16H15F4NO3S/c1-10(11-3-8-15(24-2)14(17)9-11)21-25(22,23)13-6-4-12(5-7-13)16(18,19)20/h3-10,21H,1-2H3. The Hall–Kier alpha value is -2.13. The fourth-order valence-electron chi connectivity index (χ4n) is 2.14. The molecule has 0 saturated heterocycles. The first-order chi connectivity index (χ1) is 11.5. The highest BCUT2D eigenvalue weighted by Crippen LogP contribution is 2.30. The van der Waals surface area contributed by atoms with Gasteiger partial charge in [-0.25, -0.2) is 17.5 Å². The molecule has 2 aromatic carbocycles. The monoisotopic (exact) mass is 377 g/mol. The second-order valence-electron chi connectivity index (χ2n) is 5.26. The van der Waals surface area contributed by atoms with Crippen LogP contribution in [0.3, 0.4) is 0 Å². The minimum atomic E-state index is -4.55. The van der Waals surface area contributed by atoms with Gasteiger partial charge in [0.2, 0.25) is 10.0 Å². The molecule has 0 aliphatic carbocycles. The number of hydrogen-bond acceptors (Lipinski definition) is 3. The molecule has 0 fully saturated rings. The summed E-state index contributed by atoms with van der Waals surface area (Å²) in [6, 6.07) is 6.28. The van der Waals surface area contributed by atoms with Crippen LogP contribution in [0, 0.1) is 5.82 Å². The Morgan fingerprint density at radius 1 is 1.08 bits per heavy atom. The largest absolute Gasteiger partial charge is 0.494 e. The molecule has 0 aliphatic heterocycles. The first-order valence-electron chi connectivity index (χ1n) is 7.07. The Kier molecular flexibility index (Phi) is 5.38. The number of hydrogen-bond donors (Lipinski definition) is 1. The molecule has 0 radical (unpaired) electrons. The van der Waals surface area contributed by atoms with E-state index in [-0.39, 0.29) is 10.6 Å². The average Bonchev–Trinajstić information content (AvgIpc) is 2.53. The number of ether oxygens (including phenoxy) is 1. The van der Waals surface area contributed by atoms with Gasteiger partial charge in [0.25, 0.3) is 0 Å². The second-order valence-corrected chi connectivity index (χ2v) is 6.97. The van der Waals surface area contributed by atoms with Crippen molar-refractivity contribution < 1.29 is 30.7 Å². The van der Waals surface area contributed by atoms with E-state index < -0.39 is 33.6 Å². The molecule has 1 N–H and O–H groups in total. The van der Waals surface area contributed by atoms with E-state index in [9.17, 15) is 26.0 Å². The lowest BCUT2D eigenvalue weighted by atomic mass is 10.1. The summed E-state index contributed by atoms with van der Waals surface area (Å²) < 4.78 is 82.9. The highest BCUT2D eigenvalue weighted by Gasteiger charge is 2.30. The lowest BCUT2D eigenvalue weighted by Gasteiger charge is -2.16. The van der Waals surface area contributed by atoms with Gasteiger partial charge in [-0.05, 0) is 48.9 Å². The average molecular weight is 377 g/mol. The minimum Gasteiger partial charge on any atom is -0.494 e. The van der Waals surface area contributed by atoms with Crippen LogP contribution in [0.5, 0.6) is 5.75 Å². The van der Waals surface area contributed by atoms with Crippen LogP contribution in [0.15, 0.2) is 47.4 Å². The van der Waals surface area contributed by atoms with Gasteiger partial charge in [-0.15, -0.1) is 0 Å². The lowest BCUT2D eigenvalue weighted by molar-refractivity contribution is -0.137. The SMILES string of the molecule is COc1ccc(C(C)NS(=O)(=O)c2ccc(C(F)(F)F)cc2)cc1F. The van der Waals surface area contributed by atoms with Crippen LogP contribution in [0.4, 0.5) is 17.6 Å². The topological polar surface area (TPSA) is 55.4 Å². The Morgan fingerprint density at radius 3 is 2.16 bits per heavy atom. The van der Waals surface area contributed by atoms with E-state index in [1.807, 2.05) is 0 Å². The van der Waals surface area contributed by atoms with E-state index in [2.05, 4.69) is 4.72 Å². The lowest BCUT2D eigenvalue weighted by Crippen LogP contribution is -2.27. The van der Waals surface area contributed by atoms with Gasteiger partial charge in [0.1, 0.15) is 0 Å². The van der Waals surface area contributed by atoms with Crippen molar-refractivity contribution in [1.29, 1.82) is 0 Å². The van der Waals surface area contributed by atoms with Crippen LogP contribution in [0.25, 0.3) is 0 Å². The first kappa shape index (κ1) is 19.2. The fourth-order valence-corrected chi connectivity index (χ4v) is 3.38. The normalized spacial score (nSPS) is 13.5. The summed E-state index contributed by atoms with van der Waals surface area (Å²) in [6.45, 7) is 1.49. The minimum absolute atomic E-state index is 0.0153. The van der Waals surface area contributed by atoms with Crippen LogP contribution >= 0.6 is 0 Å². The summed E-state index contributed by atoms with van der Waals surface area (Å²) in [7, 11) is -2.77. The number of rotatable bonds is 5. The van der Waals surface area contributed by atoms with E-state index in [4.69, 9.17) is 4.74 Å². The third-order valence-corrected chi connectivity index (χ3v) is 5.06. The molecular formula is C16H15F4NO3S. The zero-order chi connectivity index (χ0) is 18.8. The zero-order valence-corrected chi connectivity index (χ0v) is 14.1. The zero-order valence-electron chi connectivity index (χ0n) is 13.3. The van der Waals surface area contributed by atoms with Crippen LogP contribution < -0.4 is 9.46 Å². The number of methoxy groups -OCH3 is 1. The number of sulfonamides is 1. The van der Waals surface area contributed by atoms with Crippen molar-refractivity contribution in [3.63, 3.8) is 0 Å². The van der Waals surface area contributed by atoms with Crippen molar-refractivity contribution in [2.45, 2.75) is 24.0 Å². The number of benzene rings is 2. The Balaban J connectivity index is 2.21. The van der Waals surface area contributed by atoms with E-state index >= 15 is 0 Å². The van der Waals surface area contributed by atoms with Gasteiger partial charge in [0.05, 0.1) is 17.6 Å². The van der Waals surface area contributed by atoms with Crippen LogP contribution in [0.2, 0.25) is 0 Å². The Morgan fingerprint density at radius 2 is 1.68 bits per heavy atom. The predicted molar refractivity (Wildman–Crippen MR) is 83.1 cm³/mol. The molecule has 9 heteroatoms. The molecule has 4 nitrogen and oxygen atoms in total. The molecule has 2 aromatic rings. The van der Waals surface area contributed by atoms with Gasteiger partial charge >= 0.3 is 6.18 Å². The Labute approximate surface area is 142 Å². The summed E-state index contributed by atoms with van der Waals surface area (Å²) in [5, 5.41) is 0. The molecule has 0 saturated carbocycles. The van der Waals surface area contributed by atoms with Gasteiger partial charge in [-0.3, -0.25) is 0 Å². The van der Waals surface area contributed by atoms with Gasteiger partial charge in [0, 0.05) is 6.04 Å². The van der Waals surface area contributed by atoms with Crippen molar-refractivity contribution in [3.05, 3.63) is 59.4 Å². The second kappa shape index (κ2) is 7.01. The molecule has 0 heterocycles. The molecule has 1 atom stereocenters. The van der Waals surface area contributed by atoms with Crippen LogP contribution in [0.1, 0.15) is 24.1 Å². The van der Waals surface area contributed by atoms with Crippen molar-refractivity contribution in [2.75, 3.05) is 7.11 Å². The maximum Gasteiger partial charge on any atom is 0.416 e. The van der Waals surface area contributed by atoms with Gasteiger partial charge in [0.15, 0.2) is 11.6 Å². The Bertz CT molecular complexity index is 849. The van der Waals surface area contributed by atoms with Gasteiger partial charge < -0.3 is 4.74 Å². The van der Waals surface area contributed by atoms with Crippen molar-refractivity contribution in [3.8, 4) is 5.75 Å². The highest BCUT2D eigenvalue weighted by molar-refractivity contribution is 7.89. The first-order valence-corrected chi connectivity index (χ1v) is 8.56. The molecule has 2 rings (SSSR count). The van der Waals surface area contributed by atoms with Crippen molar-refractivity contribution in [2.24, 2.45) is 0 Å². The van der Waals surface area contributed by atoms with Gasteiger partial charge in [-0.2, -0.15) is 13.2 Å². The highest BCUT2D eigenvalue weighted by atomic mass is 32.2. The maximum atomic E-state index is 13.7. The van der Waals surface area contributed by atoms with Gasteiger partial charge in [-0.1, -0.05) is 6.07 Å². The van der Waals surface area contributed by atoms with Crippen molar-refractivity contribution >= 4 is 10.0 Å². The summed E-state index contributed by atoms with van der Waals surface area (Å²) in [5.74, 6) is -0.637. The van der Waals surface area contributed by atoms with E-state index in [0.717, 1.165) is 18.2 Å².